The van der Waals surface area contributed by atoms with E-state index in [0.29, 0.717) is 6.61 Å². The summed E-state index contributed by atoms with van der Waals surface area (Å²) >= 11 is 0. The molecule has 0 atom stereocenters. The second kappa shape index (κ2) is 3.85. The molecular formula is C7H10O4. The van der Waals surface area contributed by atoms with Gasteiger partial charge in [-0.2, -0.15) is 0 Å². The molecule has 0 aromatic carbocycles. The predicted octanol–water partition coefficient (Wildman–Crippen LogP) is 0.784. The van der Waals surface area contributed by atoms with Gasteiger partial charge >= 0.3 is 5.97 Å². The van der Waals surface area contributed by atoms with Gasteiger partial charge in [0.2, 0.25) is 6.29 Å². The molecule has 4 nitrogen and oxygen atoms in total. The minimum atomic E-state index is -0.492. The van der Waals surface area contributed by atoms with Crippen molar-refractivity contribution in [1.82, 2.24) is 0 Å². The van der Waals surface area contributed by atoms with Crippen molar-refractivity contribution in [3.05, 3.63) is 12.5 Å². The molecule has 0 amide bonds. The second-order valence-corrected chi connectivity index (χ2v) is 1.98. The van der Waals surface area contributed by atoms with Gasteiger partial charge in [-0.05, 0) is 6.92 Å². The second-order valence-electron chi connectivity index (χ2n) is 1.98. The van der Waals surface area contributed by atoms with Crippen LogP contribution in [0.25, 0.3) is 0 Å². The van der Waals surface area contributed by atoms with E-state index in [9.17, 15) is 4.79 Å². The maximum atomic E-state index is 10.8. The van der Waals surface area contributed by atoms with Crippen molar-refractivity contribution in [1.29, 1.82) is 0 Å². The van der Waals surface area contributed by atoms with E-state index in [1.165, 1.54) is 12.5 Å². The van der Waals surface area contributed by atoms with Gasteiger partial charge < -0.3 is 14.2 Å². The number of carbonyl (C=O) groups excluding carboxylic acids is 1. The van der Waals surface area contributed by atoms with Crippen LogP contribution in [0.3, 0.4) is 0 Å². The van der Waals surface area contributed by atoms with Gasteiger partial charge in [-0.1, -0.05) is 0 Å². The normalized spacial score (nSPS) is 15.7. The molecule has 0 aromatic rings. The first-order valence-corrected chi connectivity index (χ1v) is 3.44. The monoisotopic (exact) mass is 158 g/mol. The van der Waals surface area contributed by atoms with Crippen LogP contribution < -0.4 is 0 Å². The Balaban J connectivity index is 2.15. The molecule has 0 aromatic heterocycles. The molecular weight excluding hydrogens is 148 g/mol. The van der Waals surface area contributed by atoms with Gasteiger partial charge in [-0.25, -0.2) is 0 Å². The highest BCUT2D eigenvalue weighted by atomic mass is 16.7. The average molecular weight is 158 g/mol. The number of esters is 1. The fourth-order valence-corrected chi connectivity index (χ4v) is 0.724. The van der Waals surface area contributed by atoms with E-state index in [1.807, 2.05) is 0 Å². The molecule has 1 aliphatic rings. The Morgan fingerprint density at radius 3 is 2.73 bits per heavy atom. The largest absolute Gasteiger partial charge is 0.466 e. The van der Waals surface area contributed by atoms with E-state index in [4.69, 9.17) is 9.47 Å². The Morgan fingerprint density at radius 1 is 1.55 bits per heavy atom. The van der Waals surface area contributed by atoms with Gasteiger partial charge in [0, 0.05) is 0 Å². The maximum Gasteiger partial charge on any atom is 0.313 e. The smallest absolute Gasteiger partial charge is 0.313 e. The van der Waals surface area contributed by atoms with E-state index in [1.54, 1.807) is 6.92 Å². The summed E-state index contributed by atoms with van der Waals surface area (Å²) in [6, 6.07) is 0. The van der Waals surface area contributed by atoms with E-state index >= 15 is 0 Å². The van der Waals surface area contributed by atoms with Crippen LogP contribution >= 0.6 is 0 Å². The predicted molar refractivity (Wildman–Crippen MR) is 36.3 cm³/mol. The van der Waals surface area contributed by atoms with Crippen molar-refractivity contribution in [3.8, 4) is 0 Å². The molecule has 0 radical (unpaired) electrons. The number of hydrogen-bond acceptors (Lipinski definition) is 4. The topological polar surface area (TPSA) is 44.8 Å². The van der Waals surface area contributed by atoms with Gasteiger partial charge in [0.1, 0.15) is 18.9 Å². The third-order valence-corrected chi connectivity index (χ3v) is 1.15. The molecule has 0 saturated carbocycles. The van der Waals surface area contributed by atoms with E-state index in [-0.39, 0.29) is 12.4 Å². The van der Waals surface area contributed by atoms with Gasteiger partial charge in [-0.15, -0.1) is 0 Å². The quantitative estimate of drug-likeness (QED) is 0.569. The van der Waals surface area contributed by atoms with E-state index < -0.39 is 6.29 Å². The van der Waals surface area contributed by atoms with Crippen LogP contribution in [-0.2, 0) is 19.0 Å². The molecule has 0 fully saturated rings. The molecule has 1 aliphatic heterocycles. The zero-order valence-corrected chi connectivity index (χ0v) is 6.28. The zero-order valence-electron chi connectivity index (χ0n) is 6.28. The van der Waals surface area contributed by atoms with Gasteiger partial charge in [0.05, 0.1) is 6.61 Å². The van der Waals surface area contributed by atoms with Crippen molar-refractivity contribution in [2.75, 3.05) is 6.61 Å². The van der Waals surface area contributed by atoms with Crippen molar-refractivity contribution < 1.29 is 19.0 Å². The van der Waals surface area contributed by atoms with Crippen LogP contribution in [-0.4, -0.2) is 18.9 Å². The summed E-state index contributed by atoms with van der Waals surface area (Å²) in [5.41, 5.74) is 0. The van der Waals surface area contributed by atoms with Gasteiger partial charge in [0.25, 0.3) is 0 Å². The first-order valence-electron chi connectivity index (χ1n) is 3.44. The maximum absolute atomic E-state index is 10.8. The Labute approximate surface area is 64.7 Å². The third-order valence-electron chi connectivity index (χ3n) is 1.15. The Kier molecular flexibility index (Phi) is 2.77. The van der Waals surface area contributed by atoms with Crippen LogP contribution in [0.5, 0.6) is 0 Å². The standard InChI is InChI=1S/C7H10O4/c1-2-9-6(8)5-7-10-3-4-11-7/h3-4,7H,2,5H2,1H3. The summed E-state index contributed by atoms with van der Waals surface area (Å²) in [4.78, 5) is 10.8. The van der Waals surface area contributed by atoms with Gasteiger partial charge in [0.15, 0.2) is 0 Å². The van der Waals surface area contributed by atoms with Crippen molar-refractivity contribution in [2.45, 2.75) is 19.6 Å². The SMILES string of the molecule is CCOC(=O)CC1OC=CO1. The van der Waals surface area contributed by atoms with Crippen LogP contribution in [0.1, 0.15) is 13.3 Å². The molecule has 11 heavy (non-hydrogen) atoms. The molecule has 0 saturated heterocycles. The van der Waals surface area contributed by atoms with Gasteiger partial charge in [-0.3, -0.25) is 4.79 Å². The summed E-state index contributed by atoms with van der Waals surface area (Å²) in [6.07, 6.45) is 2.46. The summed E-state index contributed by atoms with van der Waals surface area (Å²) in [7, 11) is 0. The Bertz CT molecular complexity index is 156. The minimum absolute atomic E-state index is 0.140. The number of ether oxygens (including phenoxy) is 3. The fraction of sp³-hybridized carbons (Fsp3) is 0.571. The van der Waals surface area contributed by atoms with Crippen molar-refractivity contribution >= 4 is 5.97 Å². The fourth-order valence-electron chi connectivity index (χ4n) is 0.724. The Hall–Kier alpha value is -1.19. The Morgan fingerprint density at radius 2 is 2.18 bits per heavy atom. The molecule has 1 heterocycles. The zero-order chi connectivity index (χ0) is 8.10. The summed E-state index contributed by atoms with van der Waals surface area (Å²) < 4.78 is 14.4. The van der Waals surface area contributed by atoms with Crippen molar-refractivity contribution in [3.63, 3.8) is 0 Å². The molecule has 0 spiro atoms. The van der Waals surface area contributed by atoms with Crippen molar-refractivity contribution in [2.24, 2.45) is 0 Å². The van der Waals surface area contributed by atoms with Crippen LogP contribution in [0.2, 0.25) is 0 Å². The molecule has 62 valence electrons. The number of rotatable bonds is 3. The van der Waals surface area contributed by atoms with Crippen LogP contribution in [0, 0.1) is 0 Å². The molecule has 0 N–H and O–H groups in total. The molecule has 0 bridgehead atoms. The minimum Gasteiger partial charge on any atom is -0.466 e. The highest BCUT2D eigenvalue weighted by Gasteiger charge is 2.17. The molecule has 4 heteroatoms. The molecule has 0 unspecified atom stereocenters. The lowest BCUT2D eigenvalue weighted by Crippen LogP contribution is -2.16. The van der Waals surface area contributed by atoms with E-state index in [2.05, 4.69) is 4.74 Å². The lowest BCUT2D eigenvalue weighted by Gasteiger charge is -2.08. The first-order chi connectivity index (χ1) is 5.33. The first kappa shape index (κ1) is 7.91. The van der Waals surface area contributed by atoms with Crippen LogP contribution in [0.4, 0.5) is 0 Å². The third kappa shape index (κ3) is 2.49. The van der Waals surface area contributed by atoms with E-state index in [0.717, 1.165) is 0 Å². The lowest BCUT2D eigenvalue weighted by molar-refractivity contribution is -0.150. The molecule has 1 rings (SSSR count). The average Bonchev–Trinajstić information content (AvgIpc) is 2.40. The highest BCUT2D eigenvalue weighted by Crippen LogP contribution is 2.09. The number of hydrogen-bond donors (Lipinski definition) is 0. The number of carbonyl (C=O) groups is 1. The summed E-state index contributed by atoms with van der Waals surface area (Å²) in [5.74, 6) is -0.304. The molecule has 0 aliphatic carbocycles. The highest BCUT2D eigenvalue weighted by molar-refractivity contribution is 5.69. The lowest BCUT2D eigenvalue weighted by atomic mass is 10.4. The van der Waals surface area contributed by atoms with Crippen LogP contribution in [0.15, 0.2) is 12.5 Å². The summed E-state index contributed by atoms with van der Waals surface area (Å²) in [6.45, 7) is 2.14. The summed E-state index contributed by atoms with van der Waals surface area (Å²) in [5, 5.41) is 0.